The largest absolute Gasteiger partial charge is 0.416 e. The van der Waals surface area contributed by atoms with Crippen LogP contribution in [0.1, 0.15) is 16.7 Å². The fourth-order valence-corrected chi connectivity index (χ4v) is 1.87. The van der Waals surface area contributed by atoms with Crippen LogP contribution < -0.4 is 0 Å². The van der Waals surface area contributed by atoms with Crippen molar-refractivity contribution < 1.29 is 39.5 Å². The van der Waals surface area contributed by atoms with Crippen molar-refractivity contribution in [3.63, 3.8) is 0 Å². The summed E-state index contributed by atoms with van der Waals surface area (Å²) in [6.07, 6.45) is -14.4. The predicted molar refractivity (Wildman–Crippen MR) is 64.7 cm³/mol. The molecular weight excluding hydrogens is 353 g/mol. The highest BCUT2D eigenvalue weighted by molar-refractivity contribution is 5.62. The number of hydrogen-bond acceptors (Lipinski definition) is 1. The Morgan fingerprint density at radius 1 is 0.583 bits per heavy atom. The molecule has 0 saturated carbocycles. The van der Waals surface area contributed by atoms with Crippen LogP contribution >= 0.6 is 0 Å². The van der Waals surface area contributed by atoms with E-state index in [9.17, 15) is 39.5 Å². The van der Waals surface area contributed by atoms with Gasteiger partial charge in [0.05, 0.1) is 22.4 Å². The Hall–Kier alpha value is -2.26. The maximum absolute atomic E-state index is 12.8. The average molecular weight is 359 g/mol. The van der Waals surface area contributed by atoms with E-state index in [0.29, 0.717) is 30.5 Å². The highest BCUT2D eigenvalue weighted by Crippen LogP contribution is 2.39. The first-order valence-corrected chi connectivity index (χ1v) is 6.11. The molecule has 2 aromatic rings. The Labute approximate surface area is 128 Å². The smallest absolute Gasteiger partial charge is 0.256 e. The van der Waals surface area contributed by atoms with Gasteiger partial charge in [-0.25, -0.2) is 0 Å². The minimum Gasteiger partial charge on any atom is -0.256 e. The van der Waals surface area contributed by atoms with E-state index in [1.807, 2.05) is 0 Å². The van der Waals surface area contributed by atoms with Gasteiger partial charge >= 0.3 is 18.5 Å². The Balaban J connectivity index is 2.66. The summed E-state index contributed by atoms with van der Waals surface area (Å²) < 4.78 is 114. The van der Waals surface area contributed by atoms with E-state index < -0.39 is 46.5 Å². The molecule has 1 heterocycles. The molecular formula is C14H6F9N. The van der Waals surface area contributed by atoms with Crippen molar-refractivity contribution in [3.8, 4) is 11.3 Å². The summed E-state index contributed by atoms with van der Waals surface area (Å²) in [5.41, 5.74) is -5.87. The van der Waals surface area contributed by atoms with Crippen molar-refractivity contribution in [1.29, 1.82) is 0 Å². The van der Waals surface area contributed by atoms with Gasteiger partial charge in [0.1, 0.15) is 0 Å². The lowest BCUT2D eigenvalue weighted by atomic mass is 10.0. The minimum absolute atomic E-state index is 0.114. The van der Waals surface area contributed by atoms with Crippen LogP contribution in [0, 0.1) is 0 Å². The third-order valence-electron chi connectivity index (χ3n) is 2.97. The van der Waals surface area contributed by atoms with Crippen LogP contribution in [-0.4, -0.2) is 4.98 Å². The summed E-state index contributed by atoms with van der Waals surface area (Å²) in [5, 5.41) is 0. The number of halogens is 9. The molecule has 130 valence electrons. The molecule has 0 unspecified atom stereocenters. The van der Waals surface area contributed by atoms with Gasteiger partial charge in [0.15, 0.2) is 0 Å². The van der Waals surface area contributed by atoms with Gasteiger partial charge < -0.3 is 0 Å². The monoisotopic (exact) mass is 359 g/mol. The normalized spacial score (nSPS) is 13.2. The van der Waals surface area contributed by atoms with Crippen molar-refractivity contribution >= 4 is 0 Å². The summed E-state index contributed by atoms with van der Waals surface area (Å²) in [4.78, 5) is 3.43. The average Bonchev–Trinajstić information content (AvgIpc) is 2.44. The van der Waals surface area contributed by atoms with Gasteiger partial charge in [-0.1, -0.05) is 0 Å². The molecule has 0 atom stereocenters. The summed E-state index contributed by atoms with van der Waals surface area (Å²) in [7, 11) is 0. The van der Waals surface area contributed by atoms with Crippen LogP contribution in [0.25, 0.3) is 11.3 Å². The lowest BCUT2D eigenvalue weighted by Gasteiger charge is -2.14. The van der Waals surface area contributed by atoms with Gasteiger partial charge in [-0.3, -0.25) is 4.98 Å². The predicted octanol–water partition coefficient (Wildman–Crippen LogP) is 5.81. The van der Waals surface area contributed by atoms with Crippen LogP contribution in [0.5, 0.6) is 0 Å². The van der Waals surface area contributed by atoms with E-state index in [-0.39, 0.29) is 6.07 Å². The van der Waals surface area contributed by atoms with Crippen molar-refractivity contribution in [3.05, 3.63) is 53.2 Å². The van der Waals surface area contributed by atoms with E-state index in [1.165, 1.54) is 0 Å². The standard InChI is InChI=1S/C14H6F9N/c15-12(16,17)8-1-2-24-11(6-8)7-3-9(13(18,19)20)5-10(4-7)14(21,22)23/h1-6H. The summed E-state index contributed by atoms with van der Waals surface area (Å²) in [5.74, 6) is 0. The number of aromatic nitrogens is 1. The van der Waals surface area contributed by atoms with Crippen LogP contribution in [-0.2, 0) is 18.5 Å². The van der Waals surface area contributed by atoms with Gasteiger partial charge in [-0.15, -0.1) is 0 Å². The molecule has 0 aliphatic heterocycles. The van der Waals surface area contributed by atoms with Crippen LogP contribution in [0.4, 0.5) is 39.5 Å². The fraction of sp³-hybridized carbons (Fsp3) is 0.214. The molecule has 1 nitrogen and oxygen atoms in total. The van der Waals surface area contributed by atoms with Crippen molar-refractivity contribution in [1.82, 2.24) is 4.98 Å². The lowest BCUT2D eigenvalue weighted by molar-refractivity contribution is -0.143. The maximum Gasteiger partial charge on any atom is 0.416 e. The molecule has 1 aromatic heterocycles. The van der Waals surface area contributed by atoms with Gasteiger partial charge in [0.2, 0.25) is 0 Å². The fourth-order valence-electron chi connectivity index (χ4n) is 1.87. The molecule has 2 rings (SSSR count). The topological polar surface area (TPSA) is 12.9 Å². The second kappa shape index (κ2) is 5.67. The van der Waals surface area contributed by atoms with E-state index in [0.717, 1.165) is 0 Å². The third-order valence-corrected chi connectivity index (χ3v) is 2.97. The number of pyridine rings is 1. The van der Waals surface area contributed by atoms with Crippen LogP contribution in [0.2, 0.25) is 0 Å². The summed E-state index contributed by atoms with van der Waals surface area (Å²) >= 11 is 0. The van der Waals surface area contributed by atoms with E-state index in [2.05, 4.69) is 4.98 Å². The molecule has 10 heteroatoms. The number of alkyl halides is 9. The van der Waals surface area contributed by atoms with Crippen LogP contribution in [0.3, 0.4) is 0 Å². The highest BCUT2D eigenvalue weighted by atomic mass is 19.4. The first-order valence-electron chi connectivity index (χ1n) is 6.11. The minimum atomic E-state index is -5.10. The van der Waals surface area contributed by atoms with Crippen molar-refractivity contribution in [2.24, 2.45) is 0 Å². The molecule has 0 aliphatic carbocycles. The number of rotatable bonds is 1. The van der Waals surface area contributed by atoms with E-state index in [4.69, 9.17) is 0 Å². The maximum atomic E-state index is 12.8. The molecule has 0 radical (unpaired) electrons. The van der Waals surface area contributed by atoms with Gasteiger partial charge in [0, 0.05) is 11.8 Å². The summed E-state index contributed by atoms with van der Waals surface area (Å²) in [6.45, 7) is 0. The second-order valence-corrected chi connectivity index (χ2v) is 4.72. The van der Waals surface area contributed by atoms with Gasteiger partial charge in [-0.2, -0.15) is 39.5 Å². The third kappa shape index (κ3) is 3.98. The zero-order chi connectivity index (χ0) is 18.3. The van der Waals surface area contributed by atoms with Crippen LogP contribution in [0.15, 0.2) is 36.5 Å². The Morgan fingerprint density at radius 2 is 1.04 bits per heavy atom. The SMILES string of the molecule is FC(F)(F)c1cc(-c2cc(C(F)(F)F)ccn2)cc(C(F)(F)F)c1. The van der Waals surface area contributed by atoms with Crippen molar-refractivity contribution in [2.45, 2.75) is 18.5 Å². The van der Waals surface area contributed by atoms with Gasteiger partial charge in [-0.05, 0) is 30.3 Å². The van der Waals surface area contributed by atoms with Gasteiger partial charge in [0.25, 0.3) is 0 Å². The summed E-state index contributed by atoms with van der Waals surface area (Å²) in [6, 6.07) is 1.46. The zero-order valence-electron chi connectivity index (χ0n) is 11.3. The van der Waals surface area contributed by atoms with Crippen molar-refractivity contribution in [2.75, 3.05) is 0 Å². The first kappa shape index (κ1) is 18.1. The molecule has 0 spiro atoms. The Morgan fingerprint density at radius 3 is 1.46 bits per heavy atom. The lowest BCUT2D eigenvalue weighted by Crippen LogP contribution is -2.11. The zero-order valence-corrected chi connectivity index (χ0v) is 11.3. The second-order valence-electron chi connectivity index (χ2n) is 4.72. The number of benzene rings is 1. The molecule has 0 aliphatic rings. The Bertz CT molecular complexity index is 709. The first-order chi connectivity index (χ1) is 10.8. The number of hydrogen-bond donors (Lipinski definition) is 0. The molecule has 0 saturated heterocycles. The molecule has 0 amide bonds. The highest BCUT2D eigenvalue weighted by Gasteiger charge is 2.37. The molecule has 1 aromatic carbocycles. The van der Waals surface area contributed by atoms with E-state index >= 15 is 0 Å². The Kier molecular flexibility index (Phi) is 4.28. The quantitative estimate of drug-likeness (QED) is 0.586. The van der Waals surface area contributed by atoms with E-state index in [1.54, 1.807) is 0 Å². The number of nitrogens with zero attached hydrogens (tertiary/aromatic N) is 1. The molecule has 0 N–H and O–H groups in total. The molecule has 0 bridgehead atoms. The molecule has 24 heavy (non-hydrogen) atoms. The molecule has 0 fully saturated rings.